The van der Waals surface area contributed by atoms with Crippen LogP contribution in [0.1, 0.15) is 32.8 Å². The fourth-order valence-corrected chi connectivity index (χ4v) is 1.69. The highest BCUT2D eigenvalue weighted by atomic mass is 16.5. The van der Waals surface area contributed by atoms with E-state index in [2.05, 4.69) is 32.2 Å². The zero-order valence-electron chi connectivity index (χ0n) is 12.0. The maximum atomic E-state index is 6.05. The van der Waals surface area contributed by atoms with Gasteiger partial charge in [-0.2, -0.15) is 0 Å². The van der Waals surface area contributed by atoms with E-state index < -0.39 is 0 Å². The van der Waals surface area contributed by atoms with Crippen LogP contribution in [0.2, 0.25) is 0 Å². The lowest BCUT2D eigenvalue weighted by Gasteiger charge is -2.29. The molecule has 1 unspecified atom stereocenters. The number of ether oxygens (including phenoxy) is 2. The molecule has 0 saturated heterocycles. The van der Waals surface area contributed by atoms with Gasteiger partial charge in [0.2, 0.25) is 0 Å². The Morgan fingerprint density at radius 2 is 2.06 bits per heavy atom. The first-order valence-corrected chi connectivity index (χ1v) is 6.61. The molecule has 0 heterocycles. The minimum absolute atomic E-state index is 0.112. The predicted octanol–water partition coefficient (Wildman–Crippen LogP) is 2.99. The number of nitrogens with one attached hydrogen (secondary N) is 1. The molecule has 1 aromatic carbocycles. The van der Waals surface area contributed by atoms with Crippen LogP contribution in [0, 0.1) is 0 Å². The van der Waals surface area contributed by atoms with Gasteiger partial charge in [-0.1, -0.05) is 26.0 Å². The van der Waals surface area contributed by atoms with E-state index in [1.54, 1.807) is 7.11 Å². The Bertz CT molecular complexity index is 354. The van der Waals surface area contributed by atoms with E-state index >= 15 is 0 Å². The molecule has 18 heavy (non-hydrogen) atoms. The van der Waals surface area contributed by atoms with Gasteiger partial charge in [0.05, 0.1) is 19.3 Å². The molecule has 0 amide bonds. The average molecular weight is 251 g/mol. The molecule has 0 aromatic heterocycles. The molecular weight excluding hydrogens is 226 g/mol. The quantitative estimate of drug-likeness (QED) is 0.770. The van der Waals surface area contributed by atoms with Crippen LogP contribution in [-0.4, -0.2) is 25.8 Å². The standard InChI is InChI=1S/C15H25NO2/c1-5-15(3,12-16-6-2)18-11-13-8-7-9-14(10-13)17-4/h7-10,16H,5-6,11-12H2,1-4H3. The number of benzene rings is 1. The molecule has 0 bridgehead atoms. The third-order valence-electron chi connectivity index (χ3n) is 3.22. The van der Waals surface area contributed by atoms with Crippen LogP contribution in [0.3, 0.4) is 0 Å². The van der Waals surface area contributed by atoms with Crippen molar-refractivity contribution in [3.63, 3.8) is 0 Å². The van der Waals surface area contributed by atoms with Crippen LogP contribution in [0.15, 0.2) is 24.3 Å². The van der Waals surface area contributed by atoms with Crippen molar-refractivity contribution in [3.8, 4) is 5.75 Å². The van der Waals surface area contributed by atoms with Crippen LogP contribution in [0.25, 0.3) is 0 Å². The Hall–Kier alpha value is -1.06. The van der Waals surface area contributed by atoms with Gasteiger partial charge in [-0.15, -0.1) is 0 Å². The molecule has 1 rings (SSSR count). The van der Waals surface area contributed by atoms with E-state index in [1.165, 1.54) is 0 Å². The molecule has 1 atom stereocenters. The Kier molecular flexibility index (Phi) is 6.16. The van der Waals surface area contributed by atoms with Crippen molar-refractivity contribution in [1.82, 2.24) is 5.32 Å². The first kappa shape index (κ1) is 15.0. The smallest absolute Gasteiger partial charge is 0.119 e. The second-order valence-corrected chi connectivity index (χ2v) is 4.72. The summed E-state index contributed by atoms with van der Waals surface area (Å²) in [5.41, 5.74) is 1.03. The third kappa shape index (κ3) is 4.67. The molecule has 1 N–H and O–H groups in total. The zero-order valence-corrected chi connectivity index (χ0v) is 12.0. The summed E-state index contributed by atoms with van der Waals surface area (Å²) < 4.78 is 11.3. The molecule has 0 aliphatic rings. The summed E-state index contributed by atoms with van der Waals surface area (Å²) in [6.45, 7) is 8.88. The van der Waals surface area contributed by atoms with Crippen molar-refractivity contribution in [3.05, 3.63) is 29.8 Å². The molecule has 0 spiro atoms. The number of methoxy groups -OCH3 is 1. The largest absolute Gasteiger partial charge is 0.497 e. The first-order chi connectivity index (χ1) is 8.63. The lowest BCUT2D eigenvalue weighted by atomic mass is 10.0. The van der Waals surface area contributed by atoms with E-state index in [4.69, 9.17) is 9.47 Å². The first-order valence-electron chi connectivity index (χ1n) is 6.61. The fraction of sp³-hybridized carbons (Fsp3) is 0.600. The number of likely N-dealkylation sites (N-methyl/N-ethyl adjacent to an activating group) is 1. The van der Waals surface area contributed by atoms with Gasteiger partial charge in [-0.3, -0.25) is 0 Å². The minimum atomic E-state index is -0.112. The highest BCUT2D eigenvalue weighted by molar-refractivity contribution is 5.27. The van der Waals surface area contributed by atoms with Gasteiger partial charge in [0, 0.05) is 6.54 Å². The molecule has 0 fully saturated rings. The number of hydrogen-bond donors (Lipinski definition) is 1. The Labute approximate surface area is 110 Å². The number of rotatable bonds is 8. The highest BCUT2D eigenvalue weighted by Crippen LogP contribution is 2.19. The van der Waals surface area contributed by atoms with Gasteiger partial charge >= 0.3 is 0 Å². The molecule has 0 aliphatic heterocycles. The molecule has 1 aromatic rings. The van der Waals surface area contributed by atoms with E-state index in [9.17, 15) is 0 Å². The van der Waals surface area contributed by atoms with Crippen LogP contribution >= 0.6 is 0 Å². The Morgan fingerprint density at radius 1 is 1.28 bits per heavy atom. The van der Waals surface area contributed by atoms with E-state index in [0.717, 1.165) is 30.8 Å². The third-order valence-corrected chi connectivity index (χ3v) is 3.22. The highest BCUT2D eigenvalue weighted by Gasteiger charge is 2.22. The van der Waals surface area contributed by atoms with Crippen molar-refractivity contribution in [1.29, 1.82) is 0 Å². The van der Waals surface area contributed by atoms with Crippen LogP contribution in [0.4, 0.5) is 0 Å². The second kappa shape index (κ2) is 7.39. The maximum absolute atomic E-state index is 6.05. The van der Waals surface area contributed by atoms with E-state index in [1.807, 2.05) is 18.2 Å². The minimum Gasteiger partial charge on any atom is -0.497 e. The van der Waals surface area contributed by atoms with E-state index in [-0.39, 0.29) is 5.60 Å². The number of hydrogen-bond acceptors (Lipinski definition) is 3. The van der Waals surface area contributed by atoms with E-state index in [0.29, 0.717) is 6.61 Å². The molecule has 102 valence electrons. The van der Waals surface area contributed by atoms with Gasteiger partial charge in [-0.05, 0) is 37.6 Å². The van der Waals surface area contributed by atoms with Crippen molar-refractivity contribution < 1.29 is 9.47 Å². The van der Waals surface area contributed by atoms with Crippen molar-refractivity contribution in [2.75, 3.05) is 20.2 Å². The molecular formula is C15H25NO2. The molecule has 3 nitrogen and oxygen atoms in total. The summed E-state index contributed by atoms with van der Waals surface area (Å²) >= 11 is 0. The monoisotopic (exact) mass is 251 g/mol. The van der Waals surface area contributed by atoms with Crippen LogP contribution in [0.5, 0.6) is 5.75 Å². The van der Waals surface area contributed by atoms with Gasteiger partial charge in [0.25, 0.3) is 0 Å². The second-order valence-electron chi connectivity index (χ2n) is 4.72. The zero-order chi connectivity index (χ0) is 13.4. The van der Waals surface area contributed by atoms with Gasteiger partial charge in [-0.25, -0.2) is 0 Å². The summed E-state index contributed by atoms with van der Waals surface area (Å²) in [4.78, 5) is 0. The lowest BCUT2D eigenvalue weighted by Crippen LogP contribution is -2.39. The maximum Gasteiger partial charge on any atom is 0.119 e. The average Bonchev–Trinajstić information content (AvgIpc) is 2.43. The van der Waals surface area contributed by atoms with Crippen molar-refractivity contribution in [2.24, 2.45) is 0 Å². The normalized spacial score (nSPS) is 14.2. The summed E-state index contributed by atoms with van der Waals surface area (Å²) in [5, 5.41) is 3.35. The van der Waals surface area contributed by atoms with Crippen LogP contribution < -0.4 is 10.1 Å². The summed E-state index contributed by atoms with van der Waals surface area (Å²) in [6.07, 6.45) is 0.990. The molecule has 0 saturated carbocycles. The summed E-state index contributed by atoms with van der Waals surface area (Å²) in [6, 6.07) is 8.02. The van der Waals surface area contributed by atoms with Crippen molar-refractivity contribution in [2.45, 2.75) is 39.4 Å². The molecule has 0 radical (unpaired) electrons. The molecule has 0 aliphatic carbocycles. The van der Waals surface area contributed by atoms with Crippen molar-refractivity contribution >= 4 is 0 Å². The predicted molar refractivity (Wildman–Crippen MR) is 75.0 cm³/mol. The van der Waals surface area contributed by atoms with Gasteiger partial charge < -0.3 is 14.8 Å². The molecule has 3 heteroatoms. The van der Waals surface area contributed by atoms with Gasteiger partial charge in [0.1, 0.15) is 5.75 Å². The topological polar surface area (TPSA) is 30.5 Å². The summed E-state index contributed by atoms with van der Waals surface area (Å²) in [7, 11) is 1.68. The Morgan fingerprint density at radius 3 is 2.67 bits per heavy atom. The Balaban J connectivity index is 2.55. The van der Waals surface area contributed by atoms with Crippen LogP contribution in [-0.2, 0) is 11.3 Å². The summed E-state index contributed by atoms with van der Waals surface area (Å²) in [5.74, 6) is 0.876. The fourth-order valence-electron chi connectivity index (χ4n) is 1.69. The SMILES string of the molecule is CCNCC(C)(CC)OCc1cccc(OC)c1. The lowest BCUT2D eigenvalue weighted by molar-refractivity contribution is -0.0441. The van der Waals surface area contributed by atoms with Gasteiger partial charge in [0.15, 0.2) is 0 Å².